The van der Waals surface area contributed by atoms with Crippen LogP contribution in [0.4, 0.5) is 0 Å². The zero-order valence-corrected chi connectivity index (χ0v) is 12.9. The zero-order chi connectivity index (χ0) is 13.1. The van der Waals surface area contributed by atoms with E-state index in [1.807, 2.05) is 30.3 Å². The second-order valence-electron chi connectivity index (χ2n) is 2.46. The van der Waals surface area contributed by atoms with E-state index in [0.29, 0.717) is 0 Å². The molecule has 0 spiro atoms. The van der Waals surface area contributed by atoms with Crippen LogP contribution in [0, 0.1) is 20.0 Å². The Morgan fingerprint density at radius 1 is 0.812 bits per heavy atom. The average Bonchev–Trinajstić information content (AvgIpc) is 2.83. The molecule has 0 aromatic heterocycles. The molecule has 0 aliphatic rings. The van der Waals surface area contributed by atoms with E-state index in [1.165, 1.54) is 0 Å². The van der Waals surface area contributed by atoms with Crippen molar-refractivity contribution in [2.24, 2.45) is 0 Å². The largest absolute Gasteiger partial charge is 5.00 e. The Kier molecular flexibility index (Phi) is 86.3. The molecule has 0 bridgehead atoms. The van der Waals surface area contributed by atoms with Gasteiger partial charge in [-0.15, -0.1) is 0 Å². The predicted octanol–water partition coefficient (Wildman–Crippen LogP) is 2.66. The summed E-state index contributed by atoms with van der Waals surface area (Å²) in [5.74, 6) is 7.00. The first-order valence-corrected chi connectivity index (χ1v) is 10.1. The minimum Gasteiger partial charge on any atom is -0.214 e. The molecule has 0 N–H and O–H groups in total. The first-order valence-electron chi connectivity index (χ1n) is 3.78. The number of hydrogen-bond acceptors (Lipinski definition) is 0. The van der Waals surface area contributed by atoms with E-state index >= 15 is 0 Å². The molecule has 0 atom stereocenters. The van der Waals surface area contributed by atoms with Crippen molar-refractivity contribution >= 4 is 14.3 Å². The maximum absolute atomic E-state index is 7.50. The molecule has 16 heavy (non-hydrogen) atoms. The van der Waals surface area contributed by atoms with Crippen LogP contribution in [0.15, 0.2) is 30.3 Å². The summed E-state index contributed by atoms with van der Waals surface area (Å²) in [5.41, 5.74) is 0. The molecule has 0 unspecified atom stereocenters. The van der Waals surface area contributed by atoms with Crippen molar-refractivity contribution in [3.8, 4) is 0 Å². The van der Waals surface area contributed by atoms with Crippen molar-refractivity contribution in [3.05, 3.63) is 50.3 Å². The Morgan fingerprint density at radius 3 is 1.06 bits per heavy atom. The Hall–Kier alpha value is -0.355. The van der Waals surface area contributed by atoms with Crippen LogP contribution >= 0.6 is 0 Å². The Labute approximate surface area is 113 Å². The summed E-state index contributed by atoms with van der Waals surface area (Å²) >= 11 is -0.333. The normalized spacial score (nSPS) is 5.12. The molecule has 1 aromatic rings. The summed E-state index contributed by atoms with van der Waals surface area (Å²) in [5, 5.41) is 0. The van der Waals surface area contributed by atoms with Crippen molar-refractivity contribution in [2.45, 2.75) is 17.3 Å². The van der Waals surface area contributed by atoms with Crippen molar-refractivity contribution in [1.82, 2.24) is 0 Å². The van der Waals surface area contributed by atoms with E-state index in [1.54, 1.807) is 0 Å². The van der Waals surface area contributed by atoms with Crippen molar-refractivity contribution in [1.29, 1.82) is 0 Å². The van der Waals surface area contributed by atoms with Gasteiger partial charge in [0.25, 0.3) is 0 Å². The Bertz CT molecular complexity index is 181. The second-order valence-corrected chi connectivity index (χ2v) is 8.76. The maximum Gasteiger partial charge on any atom is 5.00 e. The fraction of sp³-hybridized carbons (Fsp3) is 0.273. The van der Waals surface area contributed by atoms with Crippen molar-refractivity contribution in [3.63, 3.8) is 0 Å². The third-order valence-electron chi connectivity index (χ3n) is 0.556. The molecular formula is C11H14CrGeO3+4. The molecule has 0 saturated carbocycles. The van der Waals surface area contributed by atoms with Crippen LogP contribution in [-0.4, -0.2) is 14.3 Å². The van der Waals surface area contributed by atoms with E-state index in [2.05, 4.69) is 37.2 Å². The fourth-order valence-corrected chi connectivity index (χ4v) is 0.321. The fourth-order valence-electron chi connectivity index (χ4n) is 0.321. The van der Waals surface area contributed by atoms with Crippen LogP contribution in [0.5, 0.6) is 0 Å². The number of rotatable bonds is 0. The van der Waals surface area contributed by atoms with Gasteiger partial charge in [-0.25, -0.2) is 12.1 Å². The molecular weight excluding hydrogens is 305 g/mol. The molecule has 82 valence electrons. The average molecular weight is 319 g/mol. The quantitative estimate of drug-likeness (QED) is 0.401. The molecule has 0 fully saturated rings. The number of hydrogen-bond donors (Lipinski definition) is 0. The second kappa shape index (κ2) is 46.7. The van der Waals surface area contributed by atoms with Crippen LogP contribution in [0.2, 0.25) is 17.3 Å². The molecule has 0 amide bonds. The summed E-state index contributed by atoms with van der Waals surface area (Å²) in [6.45, 7) is 13.5. The van der Waals surface area contributed by atoms with Gasteiger partial charge >= 0.3 is 82.9 Å². The zero-order valence-electron chi connectivity index (χ0n) is 9.52. The van der Waals surface area contributed by atoms with Crippen LogP contribution < -0.4 is 0 Å². The van der Waals surface area contributed by atoms with Gasteiger partial charge in [-0.1, -0.05) is 0 Å². The molecule has 0 saturated heterocycles. The van der Waals surface area contributed by atoms with Gasteiger partial charge in [0.2, 0.25) is 0 Å². The Balaban J connectivity index is -0.0000000337. The van der Waals surface area contributed by atoms with Gasteiger partial charge in [-0.05, 0) is 0 Å². The first-order chi connectivity index (χ1) is 7.23. The first kappa shape index (κ1) is 29.6. The monoisotopic (exact) mass is 320 g/mol. The van der Waals surface area contributed by atoms with Gasteiger partial charge in [0.15, 0.2) is 0 Å². The van der Waals surface area contributed by atoms with Crippen LogP contribution in [-0.2, 0) is 31.3 Å². The van der Waals surface area contributed by atoms with E-state index in [0.717, 1.165) is 0 Å². The summed E-state index contributed by atoms with van der Waals surface area (Å²) < 4.78 is 22.5. The molecule has 0 aliphatic heterocycles. The van der Waals surface area contributed by atoms with Gasteiger partial charge in [-0.3, -0.25) is 0 Å². The van der Waals surface area contributed by atoms with Crippen molar-refractivity contribution in [2.75, 3.05) is 0 Å². The van der Waals surface area contributed by atoms with Gasteiger partial charge in [0.1, 0.15) is 0 Å². The van der Waals surface area contributed by atoms with E-state index in [4.69, 9.17) is 14.0 Å². The van der Waals surface area contributed by atoms with Gasteiger partial charge in [-0.2, -0.15) is 18.2 Å². The van der Waals surface area contributed by atoms with Crippen molar-refractivity contribution < 1.29 is 31.3 Å². The van der Waals surface area contributed by atoms with Crippen LogP contribution in [0.1, 0.15) is 0 Å². The van der Waals surface area contributed by atoms with Crippen LogP contribution in [0.3, 0.4) is 0 Å². The molecule has 1 aromatic carbocycles. The SMILES string of the molecule is [C-]#[O+].[C-]#[O+].[C-]#[O+].[CH3][Ge]([CH3])[CH3].[Cr+5].c1cc[cH-]c1. The summed E-state index contributed by atoms with van der Waals surface area (Å²) in [6.07, 6.45) is 0. The molecule has 2 radical (unpaired) electrons. The topological polar surface area (TPSA) is 59.7 Å². The minimum atomic E-state index is -0.333. The van der Waals surface area contributed by atoms with Gasteiger partial charge in [0.05, 0.1) is 0 Å². The third-order valence-corrected chi connectivity index (χ3v) is 0.556. The summed E-state index contributed by atoms with van der Waals surface area (Å²) in [7, 11) is 0. The van der Waals surface area contributed by atoms with Crippen LogP contribution in [0.25, 0.3) is 0 Å². The summed E-state index contributed by atoms with van der Waals surface area (Å²) in [6, 6.07) is 10.0. The predicted molar refractivity (Wildman–Crippen MR) is 57.2 cm³/mol. The van der Waals surface area contributed by atoms with E-state index in [9.17, 15) is 0 Å². The molecule has 0 aliphatic carbocycles. The third kappa shape index (κ3) is 101. The molecule has 0 heterocycles. The molecule has 1 rings (SSSR count). The van der Waals surface area contributed by atoms with E-state index in [-0.39, 0.29) is 31.7 Å². The van der Waals surface area contributed by atoms with Gasteiger partial charge < -0.3 is 0 Å². The molecule has 5 heteroatoms. The molecule has 3 nitrogen and oxygen atoms in total. The maximum atomic E-state index is 7.50. The van der Waals surface area contributed by atoms with Gasteiger partial charge in [0, 0.05) is 0 Å². The minimum absolute atomic E-state index is 0. The smallest absolute Gasteiger partial charge is 0.214 e. The van der Waals surface area contributed by atoms with E-state index < -0.39 is 0 Å². The summed E-state index contributed by atoms with van der Waals surface area (Å²) in [4.78, 5) is 0. The Morgan fingerprint density at radius 2 is 1.00 bits per heavy atom. The standard InChI is InChI=1S/C5H5.C3H9Ge.3CO.Cr/c1-2-4-5-3-1;1-4(2)3;3*1-2;/h1-5H;1-3H3;;;;/q-1;;;;;+5.